The average molecular weight is 296 g/mol. The lowest BCUT2D eigenvalue weighted by Crippen LogP contribution is -1.95. The van der Waals surface area contributed by atoms with Crippen LogP contribution in [0.5, 0.6) is 5.75 Å². The molecule has 0 saturated carbocycles. The molecule has 1 N–H and O–H groups in total. The lowest BCUT2D eigenvalue weighted by atomic mass is 10.1. The van der Waals surface area contributed by atoms with E-state index in [-0.39, 0.29) is 5.75 Å². The molecule has 0 bridgehead atoms. The van der Waals surface area contributed by atoms with Gasteiger partial charge in [-0.05, 0) is 24.3 Å². The number of rotatable bonds is 1. The molecule has 4 nitrogen and oxygen atoms in total. The smallest absolute Gasteiger partial charge is 0.175 e. The van der Waals surface area contributed by atoms with Gasteiger partial charge in [-0.1, -0.05) is 35.9 Å². The molecule has 0 fully saturated rings. The molecule has 0 unspecified atom stereocenters. The second kappa shape index (κ2) is 4.46. The number of halogens is 1. The Morgan fingerprint density at radius 2 is 1.76 bits per heavy atom. The first-order valence-electron chi connectivity index (χ1n) is 6.46. The maximum Gasteiger partial charge on any atom is 0.175 e. The summed E-state index contributed by atoms with van der Waals surface area (Å²) in [5, 5.41) is 10.4. The Morgan fingerprint density at radius 3 is 2.62 bits per heavy atom. The Bertz CT molecular complexity index is 978. The van der Waals surface area contributed by atoms with Gasteiger partial charge in [0.15, 0.2) is 10.8 Å². The number of benzene rings is 2. The maximum atomic E-state index is 10.1. The van der Waals surface area contributed by atoms with Crippen molar-refractivity contribution in [2.24, 2.45) is 0 Å². The van der Waals surface area contributed by atoms with E-state index in [9.17, 15) is 5.11 Å². The summed E-state index contributed by atoms with van der Waals surface area (Å²) in [4.78, 5) is 8.70. The predicted molar refractivity (Wildman–Crippen MR) is 82.6 cm³/mol. The SMILES string of the molecule is Oc1ccccc1-c1cnc2c(Cl)nc3ccccc3n12. The van der Waals surface area contributed by atoms with E-state index >= 15 is 0 Å². The number of hydrogen-bond donors (Lipinski definition) is 1. The molecule has 0 atom stereocenters. The van der Waals surface area contributed by atoms with Crippen molar-refractivity contribution in [1.82, 2.24) is 14.4 Å². The highest BCUT2D eigenvalue weighted by Crippen LogP contribution is 2.32. The van der Waals surface area contributed by atoms with Gasteiger partial charge in [0.1, 0.15) is 5.75 Å². The van der Waals surface area contributed by atoms with E-state index in [0.717, 1.165) is 16.7 Å². The van der Waals surface area contributed by atoms with E-state index in [1.54, 1.807) is 18.3 Å². The summed E-state index contributed by atoms with van der Waals surface area (Å²) in [5.74, 6) is 0.205. The molecule has 4 rings (SSSR count). The summed E-state index contributed by atoms with van der Waals surface area (Å²) < 4.78 is 1.92. The van der Waals surface area contributed by atoms with Crippen LogP contribution in [0.1, 0.15) is 0 Å². The van der Waals surface area contributed by atoms with Crippen LogP contribution in [0.15, 0.2) is 54.7 Å². The van der Waals surface area contributed by atoms with Gasteiger partial charge in [-0.3, -0.25) is 4.40 Å². The topological polar surface area (TPSA) is 50.4 Å². The number of imidazole rings is 1. The van der Waals surface area contributed by atoms with E-state index < -0.39 is 0 Å². The number of phenols is 1. The Balaban J connectivity index is 2.19. The summed E-state index contributed by atoms with van der Waals surface area (Å²) in [5.41, 5.74) is 3.74. The summed E-state index contributed by atoms with van der Waals surface area (Å²) in [6, 6.07) is 14.9. The molecular weight excluding hydrogens is 286 g/mol. The number of aromatic nitrogens is 3. The van der Waals surface area contributed by atoms with Gasteiger partial charge in [0.05, 0.1) is 22.9 Å². The van der Waals surface area contributed by atoms with Crippen LogP contribution in [0.25, 0.3) is 27.9 Å². The summed E-state index contributed by atoms with van der Waals surface area (Å²) >= 11 is 6.22. The van der Waals surface area contributed by atoms with Gasteiger partial charge >= 0.3 is 0 Å². The average Bonchev–Trinajstić information content (AvgIpc) is 2.93. The molecule has 0 aliphatic carbocycles. The van der Waals surface area contributed by atoms with E-state index in [1.165, 1.54) is 0 Å². The number of fused-ring (bicyclic) bond motifs is 3. The number of nitrogens with zero attached hydrogens (tertiary/aromatic N) is 3. The lowest BCUT2D eigenvalue weighted by Gasteiger charge is -2.08. The summed E-state index contributed by atoms with van der Waals surface area (Å²) in [6.07, 6.45) is 1.70. The third kappa shape index (κ3) is 1.76. The minimum atomic E-state index is 0.205. The Kier molecular flexibility index (Phi) is 2.59. The van der Waals surface area contributed by atoms with Crippen molar-refractivity contribution in [2.45, 2.75) is 0 Å². The van der Waals surface area contributed by atoms with Gasteiger partial charge in [-0.2, -0.15) is 0 Å². The quantitative estimate of drug-likeness (QED) is 0.579. The van der Waals surface area contributed by atoms with Crippen molar-refractivity contribution < 1.29 is 5.11 Å². The first-order chi connectivity index (χ1) is 10.3. The van der Waals surface area contributed by atoms with Crippen LogP contribution in [0, 0.1) is 0 Å². The third-order valence-electron chi connectivity index (χ3n) is 3.47. The van der Waals surface area contributed by atoms with E-state index in [0.29, 0.717) is 16.4 Å². The molecule has 0 spiro atoms. The van der Waals surface area contributed by atoms with Crippen molar-refractivity contribution in [3.05, 3.63) is 59.9 Å². The molecule has 102 valence electrons. The van der Waals surface area contributed by atoms with Crippen molar-refractivity contribution in [1.29, 1.82) is 0 Å². The zero-order valence-corrected chi connectivity index (χ0v) is 11.6. The highest BCUT2D eigenvalue weighted by Gasteiger charge is 2.15. The molecule has 0 aliphatic rings. The Hall–Kier alpha value is -2.59. The van der Waals surface area contributed by atoms with Crippen molar-refractivity contribution >= 4 is 28.3 Å². The Morgan fingerprint density at radius 1 is 1.00 bits per heavy atom. The minimum absolute atomic E-state index is 0.205. The van der Waals surface area contributed by atoms with Gasteiger partial charge in [-0.15, -0.1) is 0 Å². The molecule has 0 aliphatic heterocycles. The van der Waals surface area contributed by atoms with Gasteiger partial charge in [0.2, 0.25) is 0 Å². The second-order valence-electron chi connectivity index (χ2n) is 4.71. The summed E-state index contributed by atoms with van der Waals surface area (Å²) in [7, 11) is 0. The normalized spacial score (nSPS) is 11.3. The van der Waals surface area contributed by atoms with Gasteiger partial charge in [-0.25, -0.2) is 9.97 Å². The molecule has 2 aromatic carbocycles. The third-order valence-corrected chi connectivity index (χ3v) is 3.72. The zero-order valence-electron chi connectivity index (χ0n) is 10.9. The molecular formula is C16H10ClN3O. The van der Waals surface area contributed by atoms with E-state index in [2.05, 4.69) is 9.97 Å². The highest BCUT2D eigenvalue weighted by atomic mass is 35.5. The molecule has 5 heteroatoms. The lowest BCUT2D eigenvalue weighted by molar-refractivity contribution is 0.477. The van der Waals surface area contributed by atoms with Crippen LogP contribution in [0.4, 0.5) is 0 Å². The highest BCUT2D eigenvalue weighted by molar-refractivity contribution is 6.32. The van der Waals surface area contributed by atoms with Crippen LogP contribution in [0.3, 0.4) is 0 Å². The fourth-order valence-corrected chi connectivity index (χ4v) is 2.75. The van der Waals surface area contributed by atoms with E-state index in [1.807, 2.05) is 40.8 Å². The van der Waals surface area contributed by atoms with Crippen LogP contribution >= 0.6 is 11.6 Å². The fourth-order valence-electron chi connectivity index (χ4n) is 2.53. The monoisotopic (exact) mass is 295 g/mol. The van der Waals surface area contributed by atoms with Crippen molar-refractivity contribution in [3.63, 3.8) is 0 Å². The van der Waals surface area contributed by atoms with E-state index in [4.69, 9.17) is 11.6 Å². The van der Waals surface area contributed by atoms with Gasteiger partial charge in [0.25, 0.3) is 0 Å². The van der Waals surface area contributed by atoms with Crippen molar-refractivity contribution in [3.8, 4) is 17.0 Å². The first kappa shape index (κ1) is 12.2. The van der Waals surface area contributed by atoms with Gasteiger partial charge < -0.3 is 5.11 Å². The predicted octanol–water partition coefficient (Wildman–Crippen LogP) is 3.91. The fraction of sp³-hybridized carbons (Fsp3) is 0. The summed E-state index contributed by atoms with van der Waals surface area (Å²) in [6.45, 7) is 0. The number of para-hydroxylation sites is 3. The molecule has 0 radical (unpaired) electrons. The number of hydrogen-bond acceptors (Lipinski definition) is 3. The zero-order chi connectivity index (χ0) is 14.4. The number of phenolic OH excluding ortho intramolecular Hbond substituents is 1. The number of aromatic hydroxyl groups is 1. The van der Waals surface area contributed by atoms with Crippen LogP contribution in [-0.4, -0.2) is 19.5 Å². The van der Waals surface area contributed by atoms with Gasteiger partial charge in [0, 0.05) is 5.56 Å². The molecule has 2 heterocycles. The molecule has 0 saturated heterocycles. The molecule has 2 aromatic heterocycles. The second-order valence-corrected chi connectivity index (χ2v) is 5.07. The Labute approximate surface area is 125 Å². The van der Waals surface area contributed by atoms with Crippen LogP contribution in [-0.2, 0) is 0 Å². The first-order valence-corrected chi connectivity index (χ1v) is 6.83. The molecule has 0 amide bonds. The standard InChI is InChI=1S/C16H10ClN3O/c17-15-16-18-9-13(10-5-1-4-8-14(10)21)20(16)12-7-3-2-6-11(12)19-15/h1-9,21H. The van der Waals surface area contributed by atoms with Crippen LogP contribution < -0.4 is 0 Å². The maximum absolute atomic E-state index is 10.1. The molecule has 4 aromatic rings. The minimum Gasteiger partial charge on any atom is -0.507 e. The van der Waals surface area contributed by atoms with Crippen LogP contribution in [0.2, 0.25) is 5.15 Å². The van der Waals surface area contributed by atoms with Crippen molar-refractivity contribution in [2.75, 3.05) is 0 Å². The molecule has 21 heavy (non-hydrogen) atoms. The largest absolute Gasteiger partial charge is 0.507 e.